The number of nitrogens with one attached hydrogen (secondary N) is 1. The molecule has 1 aromatic rings. The number of hydrogen-bond donors (Lipinski definition) is 1. The highest BCUT2D eigenvalue weighted by Crippen LogP contribution is 2.37. The molecular weight excluding hydrogens is 327 g/mol. The molecule has 1 spiro atoms. The molecule has 0 aromatic heterocycles. The van der Waals surface area contributed by atoms with Crippen LogP contribution in [0.2, 0.25) is 0 Å². The van der Waals surface area contributed by atoms with E-state index in [1.165, 1.54) is 12.8 Å². The molecule has 1 aliphatic heterocycles. The lowest BCUT2D eigenvalue weighted by Gasteiger charge is -2.34. The van der Waals surface area contributed by atoms with Crippen molar-refractivity contribution in [2.45, 2.75) is 18.4 Å². The molecular formula is C13H15IN2O. The van der Waals surface area contributed by atoms with E-state index in [-0.39, 0.29) is 11.4 Å². The predicted octanol–water partition coefficient (Wildman–Crippen LogP) is 1.87. The number of piperazine rings is 1. The minimum atomic E-state index is 0.183. The molecule has 1 aliphatic carbocycles. The maximum Gasteiger partial charge on any atom is 0.255 e. The third-order valence-corrected chi connectivity index (χ3v) is 4.56. The molecule has 3 rings (SSSR count). The molecule has 3 nitrogen and oxygen atoms in total. The molecule has 90 valence electrons. The van der Waals surface area contributed by atoms with Gasteiger partial charge in [0.15, 0.2) is 0 Å². The van der Waals surface area contributed by atoms with E-state index in [1.807, 2.05) is 29.2 Å². The Morgan fingerprint density at radius 2 is 2.12 bits per heavy atom. The van der Waals surface area contributed by atoms with Gasteiger partial charge in [-0.05, 0) is 47.6 Å². The first-order chi connectivity index (χ1) is 8.20. The van der Waals surface area contributed by atoms with Crippen molar-refractivity contribution in [3.05, 3.63) is 33.4 Å². The van der Waals surface area contributed by atoms with E-state index in [0.29, 0.717) is 0 Å². The zero-order valence-electron chi connectivity index (χ0n) is 9.58. The first-order valence-corrected chi connectivity index (χ1v) is 7.07. The summed E-state index contributed by atoms with van der Waals surface area (Å²) in [6.45, 7) is 2.62. The van der Waals surface area contributed by atoms with Crippen LogP contribution in [0.25, 0.3) is 0 Å². The molecule has 1 saturated carbocycles. The van der Waals surface area contributed by atoms with Gasteiger partial charge >= 0.3 is 0 Å². The molecule has 1 N–H and O–H groups in total. The average Bonchev–Trinajstić information content (AvgIpc) is 3.08. The summed E-state index contributed by atoms with van der Waals surface area (Å²) in [5.74, 6) is 0.183. The van der Waals surface area contributed by atoms with Crippen molar-refractivity contribution in [3.8, 4) is 0 Å². The van der Waals surface area contributed by atoms with Crippen LogP contribution >= 0.6 is 22.6 Å². The average molecular weight is 342 g/mol. The van der Waals surface area contributed by atoms with Gasteiger partial charge in [0.1, 0.15) is 0 Å². The molecule has 1 saturated heterocycles. The quantitative estimate of drug-likeness (QED) is 0.791. The first-order valence-electron chi connectivity index (χ1n) is 5.99. The molecule has 1 aromatic carbocycles. The van der Waals surface area contributed by atoms with Crippen LogP contribution in [0.3, 0.4) is 0 Å². The van der Waals surface area contributed by atoms with Crippen molar-refractivity contribution in [3.63, 3.8) is 0 Å². The fraction of sp³-hybridized carbons (Fsp3) is 0.462. The van der Waals surface area contributed by atoms with Crippen molar-refractivity contribution in [1.82, 2.24) is 10.2 Å². The summed E-state index contributed by atoms with van der Waals surface area (Å²) in [6.07, 6.45) is 2.42. The number of hydrogen-bond acceptors (Lipinski definition) is 2. The second-order valence-corrected chi connectivity index (χ2v) is 6.08. The van der Waals surface area contributed by atoms with Crippen LogP contribution < -0.4 is 5.32 Å². The van der Waals surface area contributed by atoms with Crippen LogP contribution in [0.5, 0.6) is 0 Å². The molecule has 2 aliphatic rings. The highest BCUT2D eigenvalue weighted by atomic mass is 127. The zero-order chi connectivity index (χ0) is 11.9. The SMILES string of the molecule is O=C(c1ccccc1I)N1CCNC2(CC2)C1. The third-order valence-electron chi connectivity index (χ3n) is 3.62. The normalized spacial score (nSPS) is 21.6. The summed E-state index contributed by atoms with van der Waals surface area (Å²) < 4.78 is 1.04. The van der Waals surface area contributed by atoms with E-state index in [2.05, 4.69) is 27.9 Å². The number of nitrogens with zero attached hydrogens (tertiary/aromatic N) is 1. The van der Waals surface area contributed by atoms with Gasteiger partial charge in [-0.15, -0.1) is 0 Å². The minimum Gasteiger partial charge on any atom is -0.335 e. The number of carbonyl (C=O) groups excluding carboxylic acids is 1. The van der Waals surface area contributed by atoms with Gasteiger partial charge in [0.2, 0.25) is 0 Å². The summed E-state index contributed by atoms with van der Waals surface area (Å²) in [6, 6.07) is 7.82. The van der Waals surface area contributed by atoms with Crippen molar-refractivity contribution >= 4 is 28.5 Å². The zero-order valence-corrected chi connectivity index (χ0v) is 11.7. The molecule has 4 heteroatoms. The summed E-state index contributed by atoms with van der Waals surface area (Å²) in [4.78, 5) is 14.4. The van der Waals surface area contributed by atoms with Crippen molar-refractivity contribution in [2.24, 2.45) is 0 Å². The van der Waals surface area contributed by atoms with Crippen LogP contribution in [-0.4, -0.2) is 36.0 Å². The Labute approximate surface area is 115 Å². The fourth-order valence-corrected chi connectivity index (χ4v) is 3.04. The standard InChI is InChI=1S/C13H15IN2O/c14-11-4-2-1-3-10(11)12(17)16-8-7-15-13(9-16)5-6-13/h1-4,15H,5-9H2. The van der Waals surface area contributed by atoms with E-state index in [9.17, 15) is 4.79 Å². The topological polar surface area (TPSA) is 32.3 Å². The fourth-order valence-electron chi connectivity index (χ4n) is 2.42. The first kappa shape index (κ1) is 11.5. The highest BCUT2D eigenvalue weighted by molar-refractivity contribution is 14.1. The third kappa shape index (κ3) is 2.20. The molecule has 1 amide bonds. The maximum atomic E-state index is 12.4. The van der Waals surface area contributed by atoms with E-state index < -0.39 is 0 Å². The summed E-state index contributed by atoms with van der Waals surface area (Å²) in [5.41, 5.74) is 1.10. The summed E-state index contributed by atoms with van der Waals surface area (Å²) in [5, 5.41) is 3.52. The van der Waals surface area contributed by atoms with Crippen LogP contribution in [0, 0.1) is 3.57 Å². The van der Waals surface area contributed by atoms with Crippen LogP contribution in [-0.2, 0) is 0 Å². The molecule has 0 radical (unpaired) electrons. The minimum absolute atomic E-state index is 0.183. The Bertz CT molecular complexity index is 456. The number of carbonyl (C=O) groups is 1. The summed E-state index contributed by atoms with van der Waals surface area (Å²) in [7, 11) is 0. The Hall–Kier alpha value is -0.620. The molecule has 1 heterocycles. The van der Waals surface area contributed by atoms with Gasteiger partial charge in [-0.3, -0.25) is 4.79 Å². The van der Waals surface area contributed by atoms with Gasteiger partial charge < -0.3 is 10.2 Å². The number of halogens is 1. The van der Waals surface area contributed by atoms with Crippen LogP contribution in [0.4, 0.5) is 0 Å². The van der Waals surface area contributed by atoms with E-state index in [0.717, 1.165) is 28.8 Å². The monoisotopic (exact) mass is 342 g/mol. The van der Waals surface area contributed by atoms with Crippen molar-refractivity contribution < 1.29 is 4.79 Å². The molecule has 2 fully saturated rings. The predicted molar refractivity (Wildman–Crippen MR) is 75.0 cm³/mol. The van der Waals surface area contributed by atoms with Gasteiger partial charge in [0, 0.05) is 28.7 Å². The van der Waals surface area contributed by atoms with E-state index in [1.54, 1.807) is 0 Å². The number of benzene rings is 1. The second kappa shape index (κ2) is 4.24. The van der Waals surface area contributed by atoms with Gasteiger partial charge in [0.05, 0.1) is 5.56 Å². The highest BCUT2D eigenvalue weighted by Gasteiger charge is 2.46. The largest absolute Gasteiger partial charge is 0.335 e. The van der Waals surface area contributed by atoms with Gasteiger partial charge in [0.25, 0.3) is 5.91 Å². The Kier molecular flexibility index (Phi) is 2.86. The van der Waals surface area contributed by atoms with E-state index in [4.69, 9.17) is 0 Å². The molecule has 0 atom stereocenters. The molecule has 17 heavy (non-hydrogen) atoms. The Balaban J connectivity index is 1.80. The van der Waals surface area contributed by atoms with Crippen molar-refractivity contribution in [2.75, 3.05) is 19.6 Å². The lowest BCUT2D eigenvalue weighted by Crippen LogP contribution is -2.54. The lowest BCUT2D eigenvalue weighted by molar-refractivity contribution is 0.0690. The van der Waals surface area contributed by atoms with Gasteiger partial charge in [-0.1, -0.05) is 12.1 Å². The van der Waals surface area contributed by atoms with Crippen molar-refractivity contribution in [1.29, 1.82) is 0 Å². The second-order valence-electron chi connectivity index (χ2n) is 4.91. The lowest BCUT2D eigenvalue weighted by atomic mass is 10.1. The summed E-state index contributed by atoms with van der Waals surface area (Å²) >= 11 is 2.23. The number of amides is 1. The van der Waals surface area contributed by atoms with Gasteiger partial charge in [-0.25, -0.2) is 0 Å². The Morgan fingerprint density at radius 3 is 2.82 bits per heavy atom. The van der Waals surface area contributed by atoms with Crippen LogP contribution in [0.1, 0.15) is 23.2 Å². The molecule has 0 bridgehead atoms. The van der Waals surface area contributed by atoms with Gasteiger partial charge in [-0.2, -0.15) is 0 Å². The smallest absolute Gasteiger partial charge is 0.255 e. The van der Waals surface area contributed by atoms with Crippen LogP contribution in [0.15, 0.2) is 24.3 Å². The maximum absolute atomic E-state index is 12.4. The van der Waals surface area contributed by atoms with E-state index >= 15 is 0 Å². The Morgan fingerprint density at radius 1 is 1.35 bits per heavy atom. The number of rotatable bonds is 1. The molecule has 0 unspecified atom stereocenters.